The fraction of sp³-hybridized carbons (Fsp3) is 0.100. The Morgan fingerprint density at radius 3 is 1.11 bits per heavy atom. The molecule has 0 nitrogen and oxygen atoms in total. The number of hydrogen-bond acceptors (Lipinski definition) is 0. The Bertz CT molecular complexity index is 922. The van der Waals surface area contributed by atoms with E-state index in [1.54, 1.807) is 57.3 Å². The Labute approximate surface area is 184 Å². The maximum Gasteiger partial charge on any atom is 0.417 e. The topological polar surface area (TPSA) is 0 Å². The molecule has 8 heteroatoms. The van der Waals surface area contributed by atoms with Gasteiger partial charge in [0.15, 0.2) is 0 Å². The summed E-state index contributed by atoms with van der Waals surface area (Å²) in [6.45, 7) is 0. The molecule has 0 saturated heterocycles. The van der Waals surface area contributed by atoms with E-state index in [0.717, 1.165) is 12.1 Å². The molecule has 0 saturated carbocycles. The summed E-state index contributed by atoms with van der Waals surface area (Å²) >= 11 is 3.60. The van der Waals surface area contributed by atoms with Crippen LogP contribution in [-0.2, 0) is 12.4 Å². The van der Waals surface area contributed by atoms with Gasteiger partial charge >= 0.3 is 12.4 Å². The number of benzene rings is 3. The minimum atomic E-state index is -4.53. The maximum absolute atomic E-state index is 13.4. The van der Waals surface area contributed by atoms with Crippen molar-refractivity contribution in [1.29, 1.82) is 0 Å². The minimum Gasteiger partial charge on any atom is -0.166 e. The first-order valence-corrected chi connectivity index (χ1v) is 9.97. The highest BCUT2D eigenvalue weighted by Crippen LogP contribution is 2.40. The van der Waals surface area contributed by atoms with E-state index in [-0.39, 0.29) is 22.3 Å². The Balaban J connectivity index is 2.08. The average Bonchev–Trinajstić information content (AvgIpc) is 2.60. The van der Waals surface area contributed by atoms with Crippen molar-refractivity contribution >= 4 is 45.2 Å². The van der Waals surface area contributed by atoms with E-state index in [1.807, 2.05) is 0 Å². The van der Waals surface area contributed by atoms with Crippen molar-refractivity contribution in [3.63, 3.8) is 0 Å². The third-order valence-corrected chi connectivity index (χ3v) is 5.42. The summed E-state index contributed by atoms with van der Waals surface area (Å²) in [5.74, 6) is 0. The van der Waals surface area contributed by atoms with Crippen LogP contribution in [0, 0.1) is 7.14 Å². The zero-order valence-electron chi connectivity index (χ0n) is 13.8. The first-order valence-electron chi connectivity index (χ1n) is 7.81. The summed E-state index contributed by atoms with van der Waals surface area (Å²) in [6.07, 6.45) is -9.07. The van der Waals surface area contributed by atoms with E-state index in [4.69, 9.17) is 0 Å². The quantitative estimate of drug-likeness (QED) is 0.201. The molecule has 0 heterocycles. The van der Waals surface area contributed by atoms with Gasteiger partial charge in [-0.2, -0.15) is 26.3 Å². The van der Waals surface area contributed by atoms with Gasteiger partial charge in [0.05, 0.1) is 11.1 Å². The van der Waals surface area contributed by atoms with E-state index in [0.29, 0.717) is 7.14 Å². The third kappa shape index (κ3) is 4.64. The Kier molecular flexibility index (Phi) is 6.00. The average molecular weight is 618 g/mol. The van der Waals surface area contributed by atoms with Gasteiger partial charge in [0.2, 0.25) is 0 Å². The minimum absolute atomic E-state index is 0.0156. The fourth-order valence-corrected chi connectivity index (χ4v) is 3.82. The summed E-state index contributed by atoms with van der Waals surface area (Å²) in [7, 11) is 0. The second-order valence-electron chi connectivity index (χ2n) is 5.95. The smallest absolute Gasteiger partial charge is 0.166 e. The fourth-order valence-electron chi connectivity index (χ4n) is 2.83. The molecule has 0 amide bonds. The molecule has 3 aromatic carbocycles. The lowest BCUT2D eigenvalue weighted by molar-refractivity contribution is -0.138. The summed E-state index contributed by atoms with van der Waals surface area (Å²) in [5, 5.41) is 0. The molecule has 146 valence electrons. The molecule has 0 unspecified atom stereocenters. The van der Waals surface area contributed by atoms with Crippen molar-refractivity contribution in [2.45, 2.75) is 12.4 Å². The molecule has 3 rings (SSSR count). The van der Waals surface area contributed by atoms with Crippen molar-refractivity contribution in [2.75, 3.05) is 0 Å². The van der Waals surface area contributed by atoms with E-state index >= 15 is 0 Å². The SMILES string of the molecule is FC(F)(F)c1cc(I)ccc1-c1ccc(-c2ccc(I)cc2C(F)(F)F)cc1. The van der Waals surface area contributed by atoms with Gasteiger partial charge in [0, 0.05) is 7.14 Å². The zero-order chi connectivity index (χ0) is 20.7. The van der Waals surface area contributed by atoms with Gasteiger partial charge in [-0.3, -0.25) is 0 Å². The molecule has 28 heavy (non-hydrogen) atoms. The van der Waals surface area contributed by atoms with Crippen LogP contribution in [0.2, 0.25) is 0 Å². The van der Waals surface area contributed by atoms with Gasteiger partial charge in [0.1, 0.15) is 0 Å². The Morgan fingerprint density at radius 2 is 0.821 bits per heavy atom. The van der Waals surface area contributed by atoms with E-state index in [1.165, 1.54) is 36.4 Å². The Hall–Kier alpha value is -1.30. The molecule has 0 atom stereocenters. The van der Waals surface area contributed by atoms with Crippen molar-refractivity contribution in [1.82, 2.24) is 0 Å². The number of alkyl halides is 6. The van der Waals surface area contributed by atoms with Crippen molar-refractivity contribution < 1.29 is 26.3 Å². The van der Waals surface area contributed by atoms with E-state index < -0.39 is 23.5 Å². The lowest BCUT2D eigenvalue weighted by atomic mass is 9.95. The first kappa shape index (κ1) is 21.4. The normalized spacial score (nSPS) is 12.3. The largest absolute Gasteiger partial charge is 0.417 e. The number of rotatable bonds is 2. The molecule has 0 radical (unpaired) electrons. The summed E-state index contributed by atoms with van der Waals surface area (Å²) in [5.41, 5.74) is -1.02. The van der Waals surface area contributed by atoms with Crippen LogP contribution >= 0.6 is 45.2 Å². The molecule has 0 aromatic heterocycles. The van der Waals surface area contributed by atoms with Gasteiger partial charge in [-0.1, -0.05) is 36.4 Å². The second kappa shape index (κ2) is 7.85. The molecule has 0 fully saturated rings. The van der Waals surface area contributed by atoms with Gasteiger partial charge < -0.3 is 0 Å². The van der Waals surface area contributed by atoms with E-state index in [9.17, 15) is 26.3 Å². The predicted molar refractivity (Wildman–Crippen MR) is 113 cm³/mol. The highest BCUT2D eigenvalue weighted by atomic mass is 127. The highest BCUT2D eigenvalue weighted by molar-refractivity contribution is 14.1. The molecule has 0 bridgehead atoms. The van der Waals surface area contributed by atoms with Crippen molar-refractivity contribution in [2.24, 2.45) is 0 Å². The summed E-state index contributed by atoms with van der Waals surface area (Å²) in [6, 6.07) is 13.6. The van der Waals surface area contributed by atoms with Gasteiger partial charge in [-0.05, 0) is 91.7 Å². The summed E-state index contributed by atoms with van der Waals surface area (Å²) in [4.78, 5) is 0. The maximum atomic E-state index is 13.4. The third-order valence-electron chi connectivity index (χ3n) is 4.08. The molecular formula is C20H10F6I2. The molecule has 0 aliphatic rings. The van der Waals surface area contributed by atoms with Crippen LogP contribution in [0.4, 0.5) is 26.3 Å². The number of halogens is 8. The van der Waals surface area contributed by atoms with Crippen LogP contribution in [-0.4, -0.2) is 0 Å². The van der Waals surface area contributed by atoms with Gasteiger partial charge in [0.25, 0.3) is 0 Å². The zero-order valence-corrected chi connectivity index (χ0v) is 18.1. The Morgan fingerprint density at radius 1 is 0.500 bits per heavy atom. The molecule has 0 N–H and O–H groups in total. The summed E-state index contributed by atoms with van der Waals surface area (Å²) < 4.78 is 81.0. The monoisotopic (exact) mass is 618 g/mol. The molecule has 0 aliphatic carbocycles. The molecule has 0 aliphatic heterocycles. The first-order chi connectivity index (χ1) is 13.0. The highest BCUT2D eigenvalue weighted by Gasteiger charge is 2.35. The van der Waals surface area contributed by atoms with Crippen LogP contribution in [0.25, 0.3) is 22.3 Å². The lowest BCUT2D eigenvalue weighted by Crippen LogP contribution is -2.08. The second-order valence-corrected chi connectivity index (χ2v) is 8.44. The van der Waals surface area contributed by atoms with Crippen LogP contribution in [0.1, 0.15) is 11.1 Å². The van der Waals surface area contributed by atoms with Crippen LogP contribution in [0.5, 0.6) is 0 Å². The molecular weight excluding hydrogens is 608 g/mol. The molecule has 0 spiro atoms. The number of hydrogen-bond donors (Lipinski definition) is 0. The predicted octanol–water partition coefficient (Wildman–Crippen LogP) is 8.27. The van der Waals surface area contributed by atoms with Gasteiger partial charge in [-0.25, -0.2) is 0 Å². The van der Waals surface area contributed by atoms with Crippen molar-refractivity contribution in [3.8, 4) is 22.3 Å². The van der Waals surface area contributed by atoms with Crippen molar-refractivity contribution in [3.05, 3.63) is 78.9 Å². The molecule has 3 aromatic rings. The van der Waals surface area contributed by atoms with Crippen LogP contribution in [0.3, 0.4) is 0 Å². The van der Waals surface area contributed by atoms with E-state index in [2.05, 4.69) is 0 Å². The van der Waals surface area contributed by atoms with Gasteiger partial charge in [-0.15, -0.1) is 0 Å². The van der Waals surface area contributed by atoms with Crippen LogP contribution in [0.15, 0.2) is 60.7 Å². The van der Waals surface area contributed by atoms with Crippen LogP contribution < -0.4 is 0 Å². The standard InChI is InChI=1S/C20H10F6I2/c21-19(22,23)17-9-13(27)5-7-15(17)11-1-2-12(4-3-11)16-8-6-14(28)10-18(16)20(24,25)26/h1-10H. The lowest BCUT2D eigenvalue weighted by Gasteiger charge is -2.16.